The van der Waals surface area contributed by atoms with E-state index in [0.29, 0.717) is 0 Å². The summed E-state index contributed by atoms with van der Waals surface area (Å²) in [4.78, 5) is 0.273. The molecule has 0 bridgehead atoms. The zero-order valence-corrected chi connectivity index (χ0v) is 11.8. The lowest BCUT2D eigenvalue weighted by Gasteiger charge is -2.38. The molecule has 22 heavy (non-hydrogen) atoms. The maximum atomic E-state index is 13.6. The zero-order chi connectivity index (χ0) is 16.6. The van der Waals surface area contributed by atoms with Crippen LogP contribution in [0.25, 0.3) is 0 Å². The molecule has 118 valence electrons. The molecule has 7 heteroatoms. The summed E-state index contributed by atoms with van der Waals surface area (Å²) >= 11 is 3.90. The third kappa shape index (κ3) is 2.58. The van der Waals surface area contributed by atoms with Gasteiger partial charge in [-0.2, -0.15) is 26.3 Å². The van der Waals surface area contributed by atoms with Crippen LogP contribution in [-0.2, 0) is 5.41 Å². The standard InChI is InChI=1S/C15H10F6S/c16-14(17,18)13(15(19,20)21,10-4-2-1-3-5-10)11-6-8-12(22)9-7-11/h1-9,22H. The Hall–Kier alpha value is -1.63. The normalized spacial score (nSPS) is 13.2. The van der Waals surface area contributed by atoms with Gasteiger partial charge in [0.15, 0.2) is 0 Å². The average Bonchev–Trinajstić information content (AvgIpc) is 2.39. The van der Waals surface area contributed by atoms with Gasteiger partial charge < -0.3 is 0 Å². The van der Waals surface area contributed by atoms with Gasteiger partial charge in [0.25, 0.3) is 0 Å². The molecule has 0 unspecified atom stereocenters. The van der Waals surface area contributed by atoms with E-state index in [-0.39, 0.29) is 4.90 Å². The van der Waals surface area contributed by atoms with Gasteiger partial charge in [0, 0.05) is 4.90 Å². The molecule has 2 rings (SSSR count). The smallest absolute Gasteiger partial charge is 0.169 e. The number of hydrogen-bond donors (Lipinski definition) is 1. The highest BCUT2D eigenvalue weighted by molar-refractivity contribution is 7.80. The highest BCUT2D eigenvalue weighted by atomic mass is 32.1. The summed E-state index contributed by atoms with van der Waals surface area (Å²) in [6.07, 6.45) is -11.1. The van der Waals surface area contributed by atoms with Crippen molar-refractivity contribution >= 4 is 12.6 Å². The Balaban J connectivity index is 2.86. The van der Waals surface area contributed by atoms with Crippen LogP contribution in [0.2, 0.25) is 0 Å². The van der Waals surface area contributed by atoms with Crippen molar-refractivity contribution in [2.75, 3.05) is 0 Å². The summed E-state index contributed by atoms with van der Waals surface area (Å²) in [5.74, 6) is 0. The summed E-state index contributed by atoms with van der Waals surface area (Å²) < 4.78 is 81.6. The first-order valence-electron chi connectivity index (χ1n) is 6.09. The SMILES string of the molecule is FC(F)(F)C(c1ccccc1)(c1ccc(S)cc1)C(F)(F)F. The molecule has 2 aromatic rings. The van der Waals surface area contributed by atoms with E-state index in [4.69, 9.17) is 0 Å². The molecule has 0 aromatic heterocycles. The number of thiol groups is 1. The lowest BCUT2D eigenvalue weighted by atomic mass is 9.73. The zero-order valence-electron chi connectivity index (χ0n) is 10.9. The Morgan fingerprint density at radius 2 is 1.00 bits per heavy atom. The maximum absolute atomic E-state index is 13.6. The van der Waals surface area contributed by atoms with Crippen molar-refractivity contribution < 1.29 is 26.3 Å². The number of hydrogen-bond acceptors (Lipinski definition) is 1. The molecule has 2 aromatic carbocycles. The van der Waals surface area contributed by atoms with Gasteiger partial charge in [-0.1, -0.05) is 42.5 Å². The Labute approximate surface area is 128 Å². The van der Waals surface area contributed by atoms with E-state index in [2.05, 4.69) is 12.6 Å². The minimum Gasteiger partial charge on any atom is -0.169 e. The van der Waals surface area contributed by atoms with E-state index in [1.165, 1.54) is 6.07 Å². The van der Waals surface area contributed by atoms with Crippen LogP contribution in [0, 0.1) is 0 Å². The molecule has 0 aliphatic rings. The molecule has 0 fully saturated rings. The summed E-state index contributed by atoms with van der Waals surface area (Å²) in [7, 11) is 0. The number of alkyl halides is 6. The summed E-state index contributed by atoms with van der Waals surface area (Å²) in [5, 5.41) is 0. The molecule has 0 atom stereocenters. The van der Waals surface area contributed by atoms with Crippen LogP contribution in [-0.4, -0.2) is 12.4 Å². The fraction of sp³-hybridized carbons (Fsp3) is 0.200. The highest BCUT2D eigenvalue weighted by Crippen LogP contribution is 2.56. The second-order valence-corrected chi connectivity index (χ2v) is 5.17. The molecule has 0 N–H and O–H groups in total. The monoisotopic (exact) mass is 336 g/mol. The van der Waals surface area contributed by atoms with Crippen molar-refractivity contribution in [2.24, 2.45) is 0 Å². The van der Waals surface area contributed by atoms with E-state index < -0.39 is 28.9 Å². The summed E-state index contributed by atoms with van der Waals surface area (Å²) in [6, 6.07) is 9.12. The molecule has 0 nitrogen and oxygen atoms in total. The van der Waals surface area contributed by atoms with Crippen LogP contribution in [0.5, 0.6) is 0 Å². The predicted molar refractivity (Wildman–Crippen MR) is 73.0 cm³/mol. The minimum atomic E-state index is -5.55. The lowest BCUT2D eigenvalue weighted by Crippen LogP contribution is -2.54. The molecular formula is C15H10F6S. The van der Waals surface area contributed by atoms with Crippen molar-refractivity contribution in [1.29, 1.82) is 0 Å². The summed E-state index contributed by atoms with van der Waals surface area (Å²) in [5.41, 5.74) is -5.85. The molecule has 0 saturated carbocycles. The molecule has 0 aliphatic carbocycles. The number of benzene rings is 2. The molecule has 0 aliphatic heterocycles. The Morgan fingerprint density at radius 1 is 0.591 bits per heavy atom. The van der Waals surface area contributed by atoms with Crippen LogP contribution >= 0.6 is 12.6 Å². The molecule has 0 spiro atoms. The quantitative estimate of drug-likeness (QED) is 0.552. The molecule has 0 heterocycles. The molecule has 0 amide bonds. The Morgan fingerprint density at radius 3 is 1.41 bits per heavy atom. The topological polar surface area (TPSA) is 0 Å². The fourth-order valence-corrected chi connectivity index (χ4v) is 2.53. The number of halogens is 6. The molecule has 0 saturated heterocycles. The minimum absolute atomic E-state index is 0.273. The highest BCUT2D eigenvalue weighted by Gasteiger charge is 2.72. The van der Waals surface area contributed by atoms with Gasteiger partial charge >= 0.3 is 12.4 Å². The van der Waals surface area contributed by atoms with Crippen molar-refractivity contribution in [3.05, 3.63) is 65.7 Å². The van der Waals surface area contributed by atoms with E-state index in [1.807, 2.05) is 0 Å². The maximum Gasteiger partial charge on any atom is 0.411 e. The van der Waals surface area contributed by atoms with Crippen LogP contribution < -0.4 is 0 Å². The van der Waals surface area contributed by atoms with Crippen molar-refractivity contribution in [3.8, 4) is 0 Å². The second-order valence-electron chi connectivity index (χ2n) is 4.66. The van der Waals surface area contributed by atoms with Gasteiger partial charge in [0.05, 0.1) is 0 Å². The van der Waals surface area contributed by atoms with Crippen LogP contribution in [0.1, 0.15) is 11.1 Å². The van der Waals surface area contributed by atoms with Crippen LogP contribution in [0.4, 0.5) is 26.3 Å². The first kappa shape index (κ1) is 16.7. The van der Waals surface area contributed by atoms with E-state index in [9.17, 15) is 26.3 Å². The number of rotatable bonds is 2. The average molecular weight is 336 g/mol. The van der Waals surface area contributed by atoms with Crippen molar-refractivity contribution in [1.82, 2.24) is 0 Å². The summed E-state index contributed by atoms with van der Waals surface area (Å²) in [6.45, 7) is 0. The Bertz CT molecular complexity index is 614. The van der Waals surface area contributed by atoms with E-state index >= 15 is 0 Å². The van der Waals surface area contributed by atoms with Crippen LogP contribution in [0.15, 0.2) is 59.5 Å². The molecular weight excluding hydrogens is 326 g/mol. The first-order valence-corrected chi connectivity index (χ1v) is 6.54. The third-order valence-corrected chi connectivity index (χ3v) is 3.66. The Kier molecular flexibility index (Phi) is 4.21. The van der Waals surface area contributed by atoms with Gasteiger partial charge in [0.2, 0.25) is 5.41 Å². The largest absolute Gasteiger partial charge is 0.411 e. The fourth-order valence-electron chi connectivity index (χ4n) is 2.38. The van der Waals surface area contributed by atoms with E-state index in [0.717, 1.165) is 48.5 Å². The van der Waals surface area contributed by atoms with Crippen molar-refractivity contribution in [3.63, 3.8) is 0 Å². The molecule has 0 radical (unpaired) electrons. The van der Waals surface area contributed by atoms with Gasteiger partial charge in [-0.05, 0) is 23.3 Å². The van der Waals surface area contributed by atoms with E-state index in [1.54, 1.807) is 0 Å². The van der Waals surface area contributed by atoms with Crippen molar-refractivity contribution in [2.45, 2.75) is 22.7 Å². The third-order valence-electron chi connectivity index (χ3n) is 3.36. The lowest BCUT2D eigenvalue weighted by molar-refractivity contribution is -0.288. The van der Waals surface area contributed by atoms with Gasteiger partial charge in [-0.25, -0.2) is 0 Å². The second kappa shape index (κ2) is 5.53. The first-order chi connectivity index (χ1) is 10.1. The predicted octanol–water partition coefficient (Wildman–Crippen LogP) is 5.39. The van der Waals surface area contributed by atoms with Gasteiger partial charge in [0.1, 0.15) is 0 Å². The van der Waals surface area contributed by atoms with Gasteiger partial charge in [-0.3, -0.25) is 0 Å². The van der Waals surface area contributed by atoms with Crippen LogP contribution in [0.3, 0.4) is 0 Å². The van der Waals surface area contributed by atoms with Gasteiger partial charge in [-0.15, -0.1) is 12.6 Å².